The van der Waals surface area contributed by atoms with Gasteiger partial charge in [0.05, 0.1) is 11.7 Å². The molecular weight excluding hydrogens is 438 g/mol. The van der Waals surface area contributed by atoms with Gasteiger partial charge in [0.2, 0.25) is 0 Å². The first kappa shape index (κ1) is 25.4. The van der Waals surface area contributed by atoms with E-state index < -0.39 is 20.0 Å². The van der Waals surface area contributed by atoms with Crippen molar-refractivity contribution in [1.82, 2.24) is 4.90 Å². The lowest BCUT2D eigenvalue weighted by Gasteiger charge is -2.43. The fourth-order valence-electron chi connectivity index (χ4n) is 6.82. The highest BCUT2D eigenvalue weighted by molar-refractivity contribution is 6.78. The first-order valence-corrected chi connectivity index (χ1v) is 15.3. The molecule has 5 heteroatoms. The standard InChI is InChI=1S/C29H43NO3Si/c1-20(2)34(21(3)4,22(5)6)33-24-12-13-25-26(18-24)27(19-28(25)31)30-16-14-29(32,15-17-30)23-10-8-7-9-11-23/h7-13,18,20-22,27-28,31-32H,14-17,19H2,1-6H3/t27-,28-/m1/s1. The summed E-state index contributed by atoms with van der Waals surface area (Å²) < 4.78 is 6.97. The van der Waals surface area contributed by atoms with Crippen LogP contribution in [0.4, 0.5) is 0 Å². The molecule has 4 nitrogen and oxygen atoms in total. The van der Waals surface area contributed by atoms with Gasteiger partial charge in [0.25, 0.3) is 8.32 Å². The van der Waals surface area contributed by atoms with Crippen LogP contribution >= 0.6 is 0 Å². The normalized spacial score (nSPS) is 23.0. The Hall–Kier alpha value is -1.66. The van der Waals surface area contributed by atoms with E-state index in [0.29, 0.717) is 35.9 Å². The lowest BCUT2D eigenvalue weighted by molar-refractivity contribution is -0.0384. The van der Waals surface area contributed by atoms with Gasteiger partial charge in [-0.05, 0) is 64.7 Å². The largest absolute Gasteiger partial charge is 0.543 e. The van der Waals surface area contributed by atoms with Crippen molar-refractivity contribution >= 4 is 8.32 Å². The van der Waals surface area contributed by atoms with Gasteiger partial charge < -0.3 is 14.6 Å². The monoisotopic (exact) mass is 481 g/mol. The van der Waals surface area contributed by atoms with E-state index in [4.69, 9.17) is 4.43 Å². The molecule has 0 aromatic heterocycles. The summed E-state index contributed by atoms with van der Waals surface area (Å²) in [5.74, 6) is 0.957. The van der Waals surface area contributed by atoms with Crippen LogP contribution < -0.4 is 4.43 Å². The zero-order chi connectivity index (χ0) is 24.7. The summed E-state index contributed by atoms with van der Waals surface area (Å²) in [4.78, 5) is 2.45. The van der Waals surface area contributed by atoms with Crippen molar-refractivity contribution in [2.75, 3.05) is 13.1 Å². The molecular formula is C29H43NO3Si. The van der Waals surface area contributed by atoms with E-state index in [1.807, 2.05) is 30.3 Å². The second-order valence-corrected chi connectivity index (χ2v) is 16.8. The Morgan fingerprint density at radius 1 is 0.882 bits per heavy atom. The fourth-order valence-corrected chi connectivity index (χ4v) is 12.1. The SMILES string of the molecule is CC(C)[Si](Oc1ccc2c(c1)[C@H](N1CCC(O)(c3ccccc3)CC1)C[C@H]2O)(C(C)C)C(C)C. The van der Waals surface area contributed by atoms with Crippen LogP contribution in [0.3, 0.4) is 0 Å². The molecule has 4 rings (SSSR count). The van der Waals surface area contributed by atoms with Crippen LogP contribution in [0.25, 0.3) is 0 Å². The van der Waals surface area contributed by atoms with E-state index in [9.17, 15) is 10.2 Å². The minimum absolute atomic E-state index is 0.169. The number of piperidine rings is 1. The molecule has 2 atom stereocenters. The van der Waals surface area contributed by atoms with E-state index in [1.54, 1.807) is 0 Å². The maximum atomic E-state index is 11.3. The lowest BCUT2D eigenvalue weighted by Crippen LogP contribution is -2.50. The third kappa shape index (κ3) is 4.48. The number of aliphatic hydroxyl groups excluding tert-OH is 1. The van der Waals surface area contributed by atoms with Gasteiger partial charge in [-0.1, -0.05) is 77.9 Å². The van der Waals surface area contributed by atoms with Gasteiger partial charge in [0.15, 0.2) is 0 Å². The van der Waals surface area contributed by atoms with Crippen LogP contribution in [-0.2, 0) is 5.60 Å². The number of nitrogens with zero attached hydrogens (tertiary/aromatic N) is 1. The number of hydrogen-bond acceptors (Lipinski definition) is 4. The van der Waals surface area contributed by atoms with Crippen LogP contribution in [0.15, 0.2) is 48.5 Å². The number of fused-ring (bicyclic) bond motifs is 1. The maximum absolute atomic E-state index is 11.3. The van der Waals surface area contributed by atoms with E-state index in [2.05, 4.69) is 64.6 Å². The second-order valence-electron chi connectivity index (χ2n) is 11.4. The van der Waals surface area contributed by atoms with Crippen molar-refractivity contribution in [2.45, 2.75) is 95.2 Å². The van der Waals surface area contributed by atoms with Gasteiger partial charge in [-0.15, -0.1) is 0 Å². The Kier molecular flexibility index (Phi) is 7.31. The van der Waals surface area contributed by atoms with E-state index >= 15 is 0 Å². The Morgan fingerprint density at radius 2 is 1.47 bits per heavy atom. The highest BCUT2D eigenvalue weighted by atomic mass is 28.4. The van der Waals surface area contributed by atoms with Crippen molar-refractivity contribution in [2.24, 2.45) is 0 Å². The summed E-state index contributed by atoms with van der Waals surface area (Å²) in [5.41, 5.74) is 4.02. The lowest BCUT2D eigenvalue weighted by atomic mass is 9.84. The van der Waals surface area contributed by atoms with Gasteiger partial charge in [-0.2, -0.15) is 0 Å². The van der Waals surface area contributed by atoms with Crippen molar-refractivity contribution in [3.8, 4) is 5.75 Å². The molecule has 0 saturated carbocycles. The number of benzene rings is 2. The van der Waals surface area contributed by atoms with E-state index in [0.717, 1.165) is 30.0 Å². The Balaban J connectivity index is 1.56. The molecule has 2 aromatic rings. The minimum Gasteiger partial charge on any atom is -0.543 e. The summed E-state index contributed by atoms with van der Waals surface area (Å²) in [6, 6.07) is 16.6. The molecule has 0 unspecified atom stereocenters. The molecule has 0 radical (unpaired) electrons. The van der Waals surface area contributed by atoms with Gasteiger partial charge in [-0.25, -0.2) is 0 Å². The van der Waals surface area contributed by atoms with Crippen molar-refractivity contribution in [3.05, 3.63) is 65.2 Å². The average molecular weight is 482 g/mol. The molecule has 0 bridgehead atoms. The summed E-state index contributed by atoms with van der Waals surface area (Å²) >= 11 is 0. The molecule has 186 valence electrons. The quantitative estimate of drug-likeness (QED) is 0.432. The van der Waals surface area contributed by atoms with Gasteiger partial charge in [0, 0.05) is 19.1 Å². The predicted octanol–water partition coefficient (Wildman–Crippen LogP) is 6.70. The molecule has 1 fully saturated rings. The summed E-state index contributed by atoms with van der Waals surface area (Å²) in [6.45, 7) is 15.5. The molecule has 2 aromatic carbocycles. The van der Waals surface area contributed by atoms with Crippen LogP contribution in [0.5, 0.6) is 5.75 Å². The van der Waals surface area contributed by atoms with Gasteiger partial charge in [-0.3, -0.25) is 4.90 Å². The molecule has 1 saturated heterocycles. The highest BCUT2D eigenvalue weighted by Crippen LogP contribution is 2.48. The molecule has 34 heavy (non-hydrogen) atoms. The van der Waals surface area contributed by atoms with E-state index in [1.165, 1.54) is 5.56 Å². The summed E-state index contributed by atoms with van der Waals surface area (Å²) in [5, 5.41) is 22.1. The van der Waals surface area contributed by atoms with Crippen LogP contribution in [0, 0.1) is 0 Å². The molecule has 1 heterocycles. The minimum atomic E-state index is -2.05. The Morgan fingerprint density at radius 3 is 2.03 bits per heavy atom. The molecule has 2 aliphatic rings. The Labute approximate surface area is 207 Å². The molecule has 0 amide bonds. The molecule has 1 aliphatic heterocycles. The summed E-state index contributed by atoms with van der Waals surface area (Å²) in [7, 11) is -2.05. The molecule has 2 N–H and O–H groups in total. The number of aliphatic hydroxyl groups is 2. The zero-order valence-electron chi connectivity index (χ0n) is 21.8. The van der Waals surface area contributed by atoms with Crippen LogP contribution in [0.1, 0.15) is 89.6 Å². The highest BCUT2D eigenvalue weighted by Gasteiger charge is 2.47. The average Bonchev–Trinajstić information content (AvgIpc) is 3.13. The van der Waals surface area contributed by atoms with Crippen molar-refractivity contribution in [3.63, 3.8) is 0 Å². The maximum Gasteiger partial charge on any atom is 0.258 e. The number of rotatable bonds is 7. The number of hydrogen-bond donors (Lipinski definition) is 2. The summed E-state index contributed by atoms with van der Waals surface area (Å²) in [6.07, 6.45) is 1.69. The smallest absolute Gasteiger partial charge is 0.258 e. The first-order chi connectivity index (χ1) is 16.1. The zero-order valence-corrected chi connectivity index (χ0v) is 22.8. The topological polar surface area (TPSA) is 52.9 Å². The van der Waals surface area contributed by atoms with Crippen molar-refractivity contribution in [1.29, 1.82) is 0 Å². The fraction of sp³-hybridized carbons (Fsp3) is 0.586. The predicted molar refractivity (Wildman–Crippen MR) is 142 cm³/mol. The third-order valence-electron chi connectivity index (χ3n) is 8.60. The van der Waals surface area contributed by atoms with E-state index in [-0.39, 0.29) is 6.04 Å². The Bertz CT molecular complexity index is 945. The van der Waals surface area contributed by atoms with Crippen LogP contribution in [-0.4, -0.2) is 36.5 Å². The van der Waals surface area contributed by atoms with Gasteiger partial charge >= 0.3 is 0 Å². The van der Waals surface area contributed by atoms with Gasteiger partial charge in [0.1, 0.15) is 5.75 Å². The number of likely N-dealkylation sites (tertiary alicyclic amines) is 1. The first-order valence-electron chi connectivity index (χ1n) is 13.1. The van der Waals surface area contributed by atoms with Crippen LogP contribution in [0.2, 0.25) is 16.6 Å². The third-order valence-corrected chi connectivity index (χ3v) is 14.6. The molecule has 0 spiro atoms. The van der Waals surface area contributed by atoms with Crippen molar-refractivity contribution < 1.29 is 14.6 Å². The molecule has 1 aliphatic carbocycles. The second kappa shape index (κ2) is 9.77.